The van der Waals surface area contributed by atoms with Gasteiger partial charge in [0.25, 0.3) is 5.91 Å². The van der Waals surface area contributed by atoms with Crippen LogP contribution in [0.25, 0.3) is 0 Å². The van der Waals surface area contributed by atoms with Crippen molar-refractivity contribution < 1.29 is 22.4 Å². The van der Waals surface area contributed by atoms with Gasteiger partial charge in [0.1, 0.15) is 5.82 Å². The van der Waals surface area contributed by atoms with Crippen LogP contribution >= 0.6 is 0 Å². The summed E-state index contributed by atoms with van der Waals surface area (Å²) in [6.45, 7) is 0. The number of pyridine rings is 1. The van der Waals surface area contributed by atoms with Gasteiger partial charge in [-0.1, -0.05) is 0 Å². The minimum atomic E-state index is -4.63. The third-order valence-corrected chi connectivity index (χ3v) is 2.58. The van der Waals surface area contributed by atoms with Gasteiger partial charge in [-0.05, 0) is 24.3 Å². The minimum Gasteiger partial charge on any atom is -0.398 e. The van der Waals surface area contributed by atoms with Crippen LogP contribution in [0.15, 0.2) is 36.7 Å². The molecular weight excluding hydrogens is 290 g/mol. The van der Waals surface area contributed by atoms with Crippen LogP contribution in [0.5, 0.6) is 0 Å². The summed E-state index contributed by atoms with van der Waals surface area (Å²) in [5.41, 5.74) is 3.52. The van der Waals surface area contributed by atoms with Crippen LogP contribution in [-0.4, -0.2) is 10.9 Å². The third kappa shape index (κ3) is 3.47. The predicted octanol–water partition coefficient (Wildman–Crippen LogP) is 3.07. The van der Waals surface area contributed by atoms with Gasteiger partial charge in [0.05, 0.1) is 17.3 Å². The van der Waals surface area contributed by atoms with E-state index < -0.39 is 29.2 Å². The molecule has 0 atom stereocenters. The van der Waals surface area contributed by atoms with E-state index in [2.05, 4.69) is 10.3 Å². The van der Waals surface area contributed by atoms with E-state index in [4.69, 9.17) is 5.73 Å². The molecular formula is C13H9F4N3O. The molecule has 2 rings (SSSR count). The first-order valence-corrected chi connectivity index (χ1v) is 5.66. The maximum Gasteiger partial charge on any atom is 0.418 e. The van der Waals surface area contributed by atoms with Gasteiger partial charge in [0, 0.05) is 17.6 Å². The molecule has 8 heteroatoms. The molecule has 1 aromatic carbocycles. The number of hydrogen-bond donors (Lipinski definition) is 2. The Labute approximate surface area is 116 Å². The normalized spacial score (nSPS) is 11.2. The van der Waals surface area contributed by atoms with E-state index in [-0.39, 0.29) is 11.3 Å². The number of nitrogens with two attached hydrogens (primary N) is 1. The topological polar surface area (TPSA) is 68.0 Å². The highest BCUT2D eigenvalue weighted by atomic mass is 19.4. The average Bonchev–Trinajstić information content (AvgIpc) is 2.39. The van der Waals surface area contributed by atoms with Crippen molar-refractivity contribution in [2.24, 2.45) is 0 Å². The van der Waals surface area contributed by atoms with Crippen LogP contribution in [0.4, 0.5) is 28.9 Å². The van der Waals surface area contributed by atoms with Crippen molar-refractivity contribution >= 4 is 17.3 Å². The van der Waals surface area contributed by atoms with E-state index in [0.29, 0.717) is 6.07 Å². The fourth-order valence-corrected chi connectivity index (χ4v) is 1.62. The van der Waals surface area contributed by atoms with Gasteiger partial charge < -0.3 is 11.1 Å². The Hall–Kier alpha value is -2.64. The smallest absolute Gasteiger partial charge is 0.398 e. The number of carbonyl (C=O) groups is 1. The number of alkyl halides is 3. The monoisotopic (exact) mass is 299 g/mol. The summed E-state index contributed by atoms with van der Waals surface area (Å²) in [6.07, 6.45) is -2.63. The van der Waals surface area contributed by atoms with Crippen LogP contribution in [0.1, 0.15) is 15.9 Å². The van der Waals surface area contributed by atoms with Crippen molar-refractivity contribution in [3.05, 3.63) is 53.6 Å². The molecule has 0 saturated carbocycles. The zero-order chi connectivity index (χ0) is 15.6. The highest BCUT2D eigenvalue weighted by molar-refractivity contribution is 6.04. The number of rotatable bonds is 2. The lowest BCUT2D eigenvalue weighted by atomic mass is 10.1. The lowest BCUT2D eigenvalue weighted by Crippen LogP contribution is -2.14. The Morgan fingerprint density at radius 3 is 2.52 bits per heavy atom. The summed E-state index contributed by atoms with van der Waals surface area (Å²) in [6, 6.07) is 3.88. The summed E-state index contributed by atoms with van der Waals surface area (Å²) in [4.78, 5) is 15.3. The molecule has 0 fully saturated rings. The summed E-state index contributed by atoms with van der Waals surface area (Å²) in [7, 11) is 0. The molecule has 0 aliphatic heterocycles. The number of aromatic nitrogens is 1. The van der Waals surface area contributed by atoms with Crippen molar-refractivity contribution in [2.45, 2.75) is 6.18 Å². The van der Waals surface area contributed by atoms with Crippen LogP contribution in [-0.2, 0) is 6.18 Å². The summed E-state index contributed by atoms with van der Waals surface area (Å²) < 4.78 is 51.0. The highest BCUT2D eigenvalue weighted by Gasteiger charge is 2.33. The van der Waals surface area contributed by atoms with E-state index in [1.807, 2.05) is 0 Å². The molecule has 21 heavy (non-hydrogen) atoms. The van der Waals surface area contributed by atoms with Gasteiger partial charge in [0.2, 0.25) is 0 Å². The summed E-state index contributed by atoms with van der Waals surface area (Å²) in [5.74, 6) is -1.50. The fraction of sp³-hybridized carbons (Fsp3) is 0.0769. The Morgan fingerprint density at radius 2 is 1.90 bits per heavy atom. The Bertz CT molecular complexity index is 685. The fourth-order valence-electron chi connectivity index (χ4n) is 1.62. The van der Waals surface area contributed by atoms with Crippen LogP contribution in [0, 0.1) is 5.82 Å². The zero-order valence-corrected chi connectivity index (χ0v) is 10.4. The molecule has 0 unspecified atom stereocenters. The van der Waals surface area contributed by atoms with Crippen molar-refractivity contribution in [1.82, 2.24) is 4.98 Å². The number of nitrogens with one attached hydrogen (secondary N) is 1. The quantitative estimate of drug-likeness (QED) is 0.661. The number of carbonyl (C=O) groups excluding carboxylic acids is 1. The highest BCUT2D eigenvalue weighted by Crippen LogP contribution is 2.35. The third-order valence-electron chi connectivity index (χ3n) is 2.58. The van der Waals surface area contributed by atoms with Gasteiger partial charge in [-0.15, -0.1) is 0 Å². The number of anilines is 2. The minimum absolute atomic E-state index is 0.106. The van der Waals surface area contributed by atoms with E-state index in [1.165, 1.54) is 6.07 Å². The summed E-state index contributed by atoms with van der Waals surface area (Å²) in [5, 5.41) is 2.22. The van der Waals surface area contributed by atoms with E-state index in [1.54, 1.807) is 0 Å². The van der Waals surface area contributed by atoms with Crippen LogP contribution in [0.3, 0.4) is 0 Å². The summed E-state index contributed by atoms with van der Waals surface area (Å²) >= 11 is 0. The molecule has 0 aliphatic carbocycles. The molecule has 1 aromatic heterocycles. The molecule has 110 valence electrons. The van der Waals surface area contributed by atoms with Gasteiger partial charge in [0.15, 0.2) is 0 Å². The van der Waals surface area contributed by atoms with Crippen molar-refractivity contribution in [1.29, 1.82) is 0 Å². The number of nitrogen functional groups attached to an aromatic ring is 1. The second kappa shape index (κ2) is 5.39. The number of benzene rings is 1. The number of amides is 1. The molecule has 4 nitrogen and oxygen atoms in total. The predicted molar refractivity (Wildman–Crippen MR) is 68.0 cm³/mol. The first kappa shape index (κ1) is 14.8. The van der Waals surface area contributed by atoms with Gasteiger partial charge in [-0.2, -0.15) is 13.2 Å². The van der Waals surface area contributed by atoms with E-state index >= 15 is 0 Å². The first-order valence-electron chi connectivity index (χ1n) is 5.66. The van der Waals surface area contributed by atoms with Gasteiger partial charge in [-0.3, -0.25) is 9.78 Å². The lowest BCUT2D eigenvalue weighted by molar-refractivity contribution is -0.136. The maximum atomic E-state index is 12.9. The molecule has 2 aromatic rings. The van der Waals surface area contributed by atoms with Crippen molar-refractivity contribution in [3.63, 3.8) is 0 Å². The second-order valence-corrected chi connectivity index (χ2v) is 4.15. The molecule has 0 saturated heterocycles. The Morgan fingerprint density at radius 1 is 1.19 bits per heavy atom. The zero-order valence-electron chi connectivity index (χ0n) is 10.4. The van der Waals surface area contributed by atoms with Crippen molar-refractivity contribution in [2.75, 3.05) is 11.1 Å². The average molecular weight is 299 g/mol. The standard InChI is InChI=1S/C13H9F4N3O/c14-8-3-7(5-19-6-8)12(21)20-9-1-2-11(18)10(4-9)13(15,16)17/h1-6H,18H2,(H,20,21). The Balaban J connectivity index is 2.26. The molecule has 3 N–H and O–H groups in total. The van der Waals surface area contributed by atoms with Crippen LogP contribution < -0.4 is 11.1 Å². The number of nitrogens with zero attached hydrogens (tertiary/aromatic N) is 1. The molecule has 0 radical (unpaired) electrons. The van der Waals surface area contributed by atoms with Crippen molar-refractivity contribution in [3.8, 4) is 0 Å². The van der Waals surface area contributed by atoms with E-state index in [9.17, 15) is 22.4 Å². The SMILES string of the molecule is Nc1ccc(NC(=O)c2cncc(F)c2)cc1C(F)(F)F. The number of hydrogen-bond acceptors (Lipinski definition) is 3. The van der Waals surface area contributed by atoms with E-state index in [0.717, 1.165) is 24.5 Å². The molecule has 0 spiro atoms. The number of halogens is 4. The Kier molecular flexibility index (Phi) is 3.79. The van der Waals surface area contributed by atoms with Gasteiger partial charge >= 0.3 is 6.18 Å². The van der Waals surface area contributed by atoms with Crippen LogP contribution in [0.2, 0.25) is 0 Å². The lowest BCUT2D eigenvalue weighted by Gasteiger charge is -2.12. The largest absolute Gasteiger partial charge is 0.418 e. The van der Waals surface area contributed by atoms with Gasteiger partial charge in [-0.25, -0.2) is 4.39 Å². The molecule has 0 aliphatic rings. The first-order chi connectivity index (χ1) is 9.77. The molecule has 1 amide bonds. The molecule has 1 heterocycles. The maximum absolute atomic E-state index is 12.9. The molecule has 0 bridgehead atoms. The second-order valence-electron chi connectivity index (χ2n) is 4.15.